The first kappa shape index (κ1) is 15.6. The molecule has 1 amide bonds. The summed E-state index contributed by atoms with van der Waals surface area (Å²) in [5.74, 6) is 0.391. The lowest BCUT2D eigenvalue weighted by atomic mass is 10.0. The smallest absolute Gasteiger partial charge is 0.224 e. The number of amides is 1. The van der Waals surface area contributed by atoms with Gasteiger partial charge in [-0.15, -0.1) is 0 Å². The molecule has 0 radical (unpaired) electrons. The van der Waals surface area contributed by atoms with E-state index in [-0.39, 0.29) is 12.5 Å². The third-order valence-electron chi connectivity index (χ3n) is 4.07. The van der Waals surface area contributed by atoms with E-state index < -0.39 is 0 Å². The van der Waals surface area contributed by atoms with Crippen LogP contribution in [0.3, 0.4) is 0 Å². The van der Waals surface area contributed by atoms with Crippen molar-refractivity contribution in [2.24, 2.45) is 5.92 Å². The fraction of sp³-hybridized carbons (Fsp3) is 0.471. The quantitative estimate of drug-likeness (QED) is 0.733. The number of aromatic nitrogens is 1. The number of aryl methyl sites for hydroxylation is 1. The van der Waals surface area contributed by atoms with Crippen LogP contribution in [-0.2, 0) is 11.2 Å². The Balaban J connectivity index is 2.00. The number of nitrogens with one attached hydrogen (secondary N) is 2. The van der Waals surface area contributed by atoms with Crippen LogP contribution in [0.25, 0.3) is 10.9 Å². The second kappa shape index (κ2) is 7.27. The Hall–Kier alpha value is -1.81. The SMILES string of the molecule is CCC(CCO)CNC(=O)Cc1c(C)[nH]c2ccccc12. The summed E-state index contributed by atoms with van der Waals surface area (Å²) in [6.45, 7) is 4.90. The molecule has 0 bridgehead atoms. The largest absolute Gasteiger partial charge is 0.396 e. The van der Waals surface area contributed by atoms with E-state index in [0.29, 0.717) is 18.9 Å². The van der Waals surface area contributed by atoms with Crippen molar-refractivity contribution >= 4 is 16.8 Å². The Morgan fingerprint density at radius 3 is 2.86 bits per heavy atom. The summed E-state index contributed by atoms with van der Waals surface area (Å²) in [6, 6.07) is 8.05. The summed E-state index contributed by atoms with van der Waals surface area (Å²) in [7, 11) is 0. The van der Waals surface area contributed by atoms with E-state index in [0.717, 1.165) is 35.0 Å². The van der Waals surface area contributed by atoms with E-state index in [9.17, 15) is 4.79 Å². The molecule has 0 saturated heterocycles. The Labute approximate surface area is 125 Å². The standard InChI is InChI=1S/C17H24N2O2/c1-3-13(8-9-20)11-18-17(21)10-15-12(2)19-16-7-5-4-6-14(15)16/h4-7,13,19-20H,3,8-11H2,1-2H3,(H,18,21). The van der Waals surface area contributed by atoms with Crippen LogP contribution in [0.1, 0.15) is 31.0 Å². The molecule has 4 nitrogen and oxygen atoms in total. The van der Waals surface area contributed by atoms with Crippen molar-refractivity contribution in [3.63, 3.8) is 0 Å². The molecule has 1 aromatic carbocycles. The molecule has 2 aromatic rings. The lowest BCUT2D eigenvalue weighted by Crippen LogP contribution is -2.30. The normalized spacial score (nSPS) is 12.5. The van der Waals surface area contributed by atoms with Gasteiger partial charge in [0.2, 0.25) is 5.91 Å². The number of aromatic amines is 1. The van der Waals surface area contributed by atoms with E-state index in [1.807, 2.05) is 31.2 Å². The van der Waals surface area contributed by atoms with E-state index in [2.05, 4.69) is 17.2 Å². The van der Waals surface area contributed by atoms with Crippen molar-refractivity contribution in [2.45, 2.75) is 33.1 Å². The highest BCUT2D eigenvalue weighted by Crippen LogP contribution is 2.22. The molecule has 2 rings (SSSR count). The molecule has 114 valence electrons. The third kappa shape index (κ3) is 3.85. The van der Waals surface area contributed by atoms with E-state index >= 15 is 0 Å². The Morgan fingerprint density at radius 2 is 2.14 bits per heavy atom. The van der Waals surface area contributed by atoms with Gasteiger partial charge in [0.25, 0.3) is 0 Å². The van der Waals surface area contributed by atoms with Gasteiger partial charge in [0.1, 0.15) is 0 Å². The molecule has 21 heavy (non-hydrogen) atoms. The zero-order valence-corrected chi connectivity index (χ0v) is 12.8. The number of aliphatic hydroxyl groups is 1. The number of H-pyrrole nitrogens is 1. The lowest BCUT2D eigenvalue weighted by molar-refractivity contribution is -0.120. The summed E-state index contributed by atoms with van der Waals surface area (Å²) >= 11 is 0. The zero-order chi connectivity index (χ0) is 15.2. The number of fused-ring (bicyclic) bond motifs is 1. The zero-order valence-electron chi connectivity index (χ0n) is 12.8. The minimum atomic E-state index is 0.0410. The molecule has 0 aliphatic carbocycles. The van der Waals surface area contributed by atoms with Crippen LogP contribution in [0.5, 0.6) is 0 Å². The van der Waals surface area contributed by atoms with Crippen molar-refractivity contribution in [1.29, 1.82) is 0 Å². The first-order valence-corrected chi connectivity index (χ1v) is 7.59. The maximum absolute atomic E-state index is 12.1. The van der Waals surface area contributed by atoms with Gasteiger partial charge in [-0.05, 0) is 30.9 Å². The first-order chi connectivity index (χ1) is 10.2. The Morgan fingerprint density at radius 1 is 1.38 bits per heavy atom. The van der Waals surface area contributed by atoms with Gasteiger partial charge < -0.3 is 15.4 Å². The Bertz CT molecular complexity index is 604. The minimum absolute atomic E-state index is 0.0410. The fourth-order valence-corrected chi connectivity index (χ4v) is 2.68. The van der Waals surface area contributed by atoms with Crippen molar-refractivity contribution < 1.29 is 9.90 Å². The fourth-order valence-electron chi connectivity index (χ4n) is 2.68. The van der Waals surface area contributed by atoms with Gasteiger partial charge in [-0.3, -0.25) is 4.79 Å². The van der Waals surface area contributed by atoms with E-state index in [4.69, 9.17) is 5.11 Å². The minimum Gasteiger partial charge on any atom is -0.396 e. The van der Waals surface area contributed by atoms with Crippen molar-refractivity contribution in [1.82, 2.24) is 10.3 Å². The molecule has 3 N–H and O–H groups in total. The van der Waals surface area contributed by atoms with Crippen LogP contribution >= 0.6 is 0 Å². The second-order valence-corrected chi connectivity index (χ2v) is 5.54. The Kier molecular flexibility index (Phi) is 5.39. The maximum atomic E-state index is 12.1. The topological polar surface area (TPSA) is 65.1 Å². The highest BCUT2D eigenvalue weighted by atomic mass is 16.3. The molecule has 0 aliphatic rings. The molecule has 1 heterocycles. The predicted molar refractivity (Wildman–Crippen MR) is 85.2 cm³/mol. The summed E-state index contributed by atoms with van der Waals surface area (Å²) in [5.41, 5.74) is 3.19. The summed E-state index contributed by atoms with van der Waals surface area (Å²) in [4.78, 5) is 15.5. The number of benzene rings is 1. The van der Waals surface area contributed by atoms with Gasteiger partial charge >= 0.3 is 0 Å². The molecule has 0 aliphatic heterocycles. The highest BCUT2D eigenvalue weighted by Gasteiger charge is 2.13. The molecule has 0 spiro atoms. The molecule has 4 heteroatoms. The maximum Gasteiger partial charge on any atom is 0.224 e. The average molecular weight is 288 g/mol. The van der Waals surface area contributed by atoms with E-state index in [1.54, 1.807) is 0 Å². The number of aliphatic hydroxyl groups excluding tert-OH is 1. The molecule has 1 aromatic heterocycles. The summed E-state index contributed by atoms with van der Waals surface area (Å²) < 4.78 is 0. The highest BCUT2D eigenvalue weighted by molar-refractivity contribution is 5.90. The first-order valence-electron chi connectivity index (χ1n) is 7.59. The monoisotopic (exact) mass is 288 g/mol. The van der Waals surface area contributed by atoms with Crippen LogP contribution in [0.2, 0.25) is 0 Å². The van der Waals surface area contributed by atoms with Gasteiger partial charge in [0.15, 0.2) is 0 Å². The van der Waals surface area contributed by atoms with Gasteiger partial charge in [-0.1, -0.05) is 31.5 Å². The van der Waals surface area contributed by atoms with Crippen LogP contribution < -0.4 is 5.32 Å². The van der Waals surface area contributed by atoms with Gasteiger partial charge in [-0.25, -0.2) is 0 Å². The number of carbonyl (C=O) groups is 1. The van der Waals surface area contributed by atoms with Crippen LogP contribution in [0.15, 0.2) is 24.3 Å². The van der Waals surface area contributed by atoms with Crippen LogP contribution in [-0.4, -0.2) is 29.1 Å². The number of para-hydroxylation sites is 1. The van der Waals surface area contributed by atoms with Gasteiger partial charge in [-0.2, -0.15) is 0 Å². The lowest BCUT2D eigenvalue weighted by Gasteiger charge is -2.14. The number of rotatable bonds is 7. The predicted octanol–water partition coefficient (Wildman–Crippen LogP) is 2.54. The summed E-state index contributed by atoms with van der Waals surface area (Å²) in [5, 5.41) is 13.1. The van der Waals surface area contributed by atoms with Gasteiger partial charge in [0, 0.05) is 29.7 Å². The van der Waals surface area contributed by atoms with Gasteiger partial charge in [0.05, 0.1) is 6.42 Å². The number of hydrogen-bond donors (Lipinski definition) is 3. The summed E-state index contributed by atoms with van der Waals surface area (Å²) in [6.07, 6.45) is 2.10. The number of hydrogen-bond acceptors (Lipinski definition) is 2. The van der Waals surface area contributed by atoms with Crippen molar-refractivity contribution in [3.05, 3.63) is 35.5 Å². The van der Waals surface area contributed by atoms with Crippen molar-refractivity contribution in [2.75, 3.05) is 13.2 Å². The van der Waals surface area contributed by atoms with E-state index in [1.165, 1.54) is 0 Å². The molecular formula is C17H24N2O2. The van der Waals surface area contributed by atoms with Crippen molar-refractivity contribution in [3.8, 4) is 0 Å². The molecule has 1 unspecified atom stereocenters. The molecule has 0 fully saturated rings. The van der Waals surface area contributed by atoms with Crippen LogP contribution in [0.4, 0.5) is 0 Å². The molecule has 1 atom stereocenters. The second-order valence-electron chi connectivity index (χ2n) is 5.54. The molecule has 0 saturated carbocycles. The number of carbonyl (C=O) groups excluding carboxylic acids is 1. The third-order valence-corrected chi connectivity index (χ3v) is 4.07. The molecular weight excluding hydrogens is 264 g/mol. The van der Waals surface area contributed by atoms with Crippen LogP contribution in [0, 0.1) is 12.8 Å². The average Bonchev–Trinajstić information content (AvgIpc) is 2.80.